The number of hydrogen-bond donors (Lipinski definition) is 2. The Kier molecular flexibility index (Phi) is 8.66. The number of nitrogens with one attached hydrogen (secondary N) is 2. The van der Waals surface area contributed by atoms with Gasteiger partial charge in [-0.05, 0) is 55.3 Å². The molecule has 4 rings (SSSR count). The van der Waals surface area contributed by atoms with E-state index >= 15 is 0 Å². The van der Waals surface area contributed by atoms with Gasteiger partial charge in [-0.1, -0.05) is 36.4 Å². The van der Waals surface area contributed by atoms with E-state index < -0.39 is 40.6 Å². The van der Waals surface area contributed by atoms with E-state index in [1.165, 1.54) is 6.08 Å². The molecule has 0 aliphatic heterocycles. The molecule has 0 radical (unpaired) electrons. The molecule has 1 aromatic heterocycles. The molecule has 3 aromatic carbocycles. The Morgan fingerprint density at radius 3 is 2.07 bits per heavy atom. The molecule has 0 atom stereocenters. The van der Waals surface area contributed by atoms with E-state index in [0.717, 1.165) is 16.8 Å². The van der Waals surface area contributed by atoms with Gasteiger partial charge in [0.2, 0.25) is 5.91 Å². The lowest BCUT2D eigenvalue weighted by atomic mass is 10.1. The lowest BCUT2D eigenvalue weighted by molar-refractivity contribution is -0.143. The number of rotatable bonds is 7. The minimum atomic E-state index is -5.11. The zero-order chi connectivity index (χ0) is 31.5. The highest BCUT2D eigenvalue weighted by molar-refractivity contribution is 6.11. The minimum absolute atomic E-state index is 0.0615. The number of aromatic nitrogens is 1. The Bertz CT molecular complexity index is 1730. The molecular formula is C31H24F6N4O2. The number of halogens is 6. The number of benzene rings is 3. The fourth-order valence-electron chi connectivity index (χ4n) is 4.54. The van der Waals surface area contributed by atoms with Gasteiger partial charge in [0.25, 0.3) is 5.91 Å². The van der Waals surface area contributed by atoms with Gasteiger partial charge in [-0.15, -0.1) is 0 Å². The van der Waals surface area contributed by atoms with Gasteiger partial charge in [-0.2, -0.15) is 31.6 Å². The van der Waals surface area contributed by atoms with Crippen LogP contribution in [0.3, 0.4) is 0 Å². The summed E-state index contributed by atoms with van der Waals surface area (Å²) in [5.41, 5.74) is -0.928. The zero-order valence-corrected chi connectivity index (χ0v) is 22.8. The summed E-state index contributed by atoms with van der Waals surface area (Å²) in [5, 5.41) is 15.1. The lowest BCUT2D eigenvalue weighted by Gasteiger charge is -2.14. The smallest absolute Gasteiger partial charge is 0.346 e. The molecular weight excluding hydrogens is 574 g/mol. The van der Waals surface area contributed by atoms with Crippen molar-refractivity contribution in [2.75, 3.05) is 10.6 Å². The third-order valence-corrected chi connectivity index (χ3v) is 6.66. The van der Waals surface area contributed by atoms with Crippen molar-refractivity contribution in [3.05, 3.63) is 100 Å². The molecule has 0 saturated heterocycles. The van der Waals surface area contributed by atoms with Crippen molar-refractivity contribution < 1.29 is 35.9 Å². The van der Waals surface area contributed by atoms with Gasteiger partial charge in [0, 0.05) is 47.0 Å². The van der Waals surface area contributed by atoms with Crippen molar-refractivity contribution >= 4 is 40.2 Å². The van der Waals surface area contributed by atoms with Crippen LogP contribution in [0.15, 0.2) is 72.4 Å². The second kappa shape index (κ2) is 12.1. The SMILES string of the molecule is Cc1cccc(C)c1NC(=O)CCn1cc(/C=C(/C#N)C(=O)Nc2cc(C(F)(F)F)cc(C(F)(F)F)c2)c2ccccc21. The molecule has 0 saturated carbocycles. The fraction of sp³-hybridized carbons (Fsp3) is 0.194. The maximum absolute atomic E-state index is 13.2. The van der Waals surface area contributed by atoms with E-state index in [9.17, 15) is 41.2 Å². The molecule has 1 heterocycles. The Labute approximate surface area is 242 Å². The van der Waals surface area contributed by atoms with Crippen molar-refractivity contribution in [2.24, 2.45) is 0 Å². The minimum Gasteiger partial charge on any atom is -0.346 e. The van der Waals surface area contributed by atoms with E-state index in [-0.39, 0.29) is 24.9 Å². The van der Waals surface area contributed by atoms with E-state index in [0.29, 0.717) is 28.6 Å². The first-order valence-corrected chi connectivity index (χ1v) is 12.8. The summed E-state index contributed by atoms with van der Waals surface area (Å²) in [5.74, 6) is -1.43. The average molecular weight is 599 g/mol. The normalized spacial score (nSPS) is 12.2. The summed E-state index contributed by atoms with van der Waals surface area (Å²) in [6.07, 6.45) is -7.33. The van der Waals surface area contributed by atoms with Gasteiger partial charge >= 0.3 is 12.4 Å². The van der Waals surface area contributed by atoms with Crippen molar-refractivity contribution in [2.45, 2.75) is 39.2 Å². The van der Waals surface area contributed by atoms with Crippen LogP contribution in [0, 0.1) is 25.2 Å². The summed E-state index contributed by atoms with van der Waals surface area (Å²) in [6, 6.07) is 14.9. The van der Waals surface area contributed by atoms with Crippen molar-refractivity contribution in [1.82, 2.24) is 4.57 Å². The number of nitriles is 1. The van der Waals surface area contributed by atoms with E-state index in [1.807, 2.05) is 37.4 Å². The van der Waals surface area contributed by atoms with Crippen LogP contribution in [0.25, 0.3) is 17.0 Å². The molecule has 0 aliphatic carbocycles. The number of fused-ring (bicyclic) bond motifs is 1. The number of carbonyl (C=O) groups excluding carboxylic acids is 2. The number of nitrogens with zero attached hydrogens (tertiary/aromatic N) is 2. The van der Waals surface area contributed by atoms with Crippen LogP contribution in [0.2, 0.25) is 0 Å². The molecule has 43 heavy (non-hydrogen) atoms. The van der Waals surface area contributed by atoms with Gasteiger partial charge in [0.1, 0.15) is 11.6 Å². The van der Waals surface area contributed by atoms with Gasteiger partial charge in [-0.3, -0.25) is 9.59 Å². The number of hydrogen-bond acceptors (Lipinski definition) is 3. The molecule has 4 aromatic rings. The monoisotopic (exact) mass is 598 g/mol. The Morgan fingerprint density at radius 1 is 0.884 bits per heavy atom. The molecule has 2 amide bonds. The number of anilines is 2. The first-order chi connectivity index (χ1) is 20.2. The van der Waals surface area contributed by atoms with Gasteiger partial charge < -0.3 is 15.2 Å². The summed E-state index contributed by atoms with van der Waals surface area (Å²) in [4.78, 5) is 25.6. The Balaban J connectivity index is 1.59. The summed E-state index contributed by atoms with van der Waals surface area (Å²) in [7, 11) is 0. The highest BCUT2D eigenvalue weighted by Gasteiger charge is 2.37. The number of aryl methyl sites for hydroxylation is 3. The van der Waals surface area contributed by atoms with Crippen LogP contribution in [0.4, 0.5) is 37.7 Å². The van der Waals surface area contributed by atoms with E-state index in [4.69, 9.17) is 0 Å². The maximum atomic E-state index is 13.2. The van der Waals surface area contributed by atoms with Gasteiger partial charge in [0.05, 0.1) is 11.1 Å². The number of para-hydroxylation sites is 2. The molecule has 0 unspecified atom stereocenters. The number of alkyl halides is 6. The predicted octanol–water partition coefficient (Wildman–Crippen LogP) is 7.87. The highest BCUT2D eigenvalue weighted by atomic mass is 19.4. The molecule has 0 spiro atoms. The second-order valence-corrected chi connectivity index (χ2v) is 9.78. The van der Waals surface area contributed by atoms with Crippen molar-refractivity contribution in [3.8, 4) is 6.07 Å². The average Bonchev–Trinajstić information content (AvgIpc) is 3.28. The molecule has 222 valence electrons. The molecule has 2 N–H and O–H groups in total. The highest BCUT2D eigenvalue weighted by Crippen LogP contribution is 2.37. The van der Waals surface area contributed by atoms with E-state index in [2.05, 4.69) is 5.32 Å². The fourth-order valence-corrected chi connectivity index (χ4v) is 4.54. The van der Waals surface area contributed by atoms with Crippen LogP contribution in [-0.4, -0.2) is 16.4 Å². The third-order valence-electron chi connectivity index (χ3n) is 6.66. The van der Waals surface area contributed by atoms with Crippen LogP contribution in [0.5, 0.6) is 0 Å². The quantitative estimate of drug-likeness (QED) is 0.129. The zero-order valence-electron chi connectivity index (χ0n) is 22.8. The summed E-state index contributed by atoms with van der Waals surface area (Å²) in [6.45, 7) is 4.00. The summed E-state index contributed by atoms with van der Waals surface area (Å²) < 4.78 is 81.1. The molecule has 12 heteroatoms. The van der Waals surface area contributed by atoms with Gasteiger partial charge in [-0.25, -0.2) is 0 Å². The van der Waals surface area contributed by atoms with Crippen molar-refractivity contribution in [1.29, 1.82) is 5.26 Å². The van der Waals surface area contributed by atoms with Crippen LogP contribution >= 0.6 is 0 Å². The second-order valence-electron chi connectivity index (χ2n) is 9.78. The topological polar surface area (TPSA) is 86.9 Å². The predicted molar refractivity (Wildman–Crippen MR) is 150 cm³/mol. The van der Waals surface area contributed by atoms with Gasteiger partial charge in [0.15, 0.2) is 0 Å². The number of amides is 2. The first-order valence-electron chi connectivity index (χ1n) is 12.8. The Hall–Kier alpha value is -5.05. The maximum Gasteiger partial charge on any atom is 0.416 e. The largest absolute Gasteiger partial charge is 0.416 e. The number of carbonyl (C=O) groups is 2. The van der Waals surface area contributed by atoms with Crippen LogP contribution < -0.4 is 10.6 Å². The molecule has 0 bridgehead atoms. The summed E-state index contributed by atoms with van der Waals surface area (Å²) >= 11 is 0. The van der Waals surface area contributed by atoms with Crippen LogP contribution in [-0.2, 0) is 28.5 Å². The van der Waals surface area contributed by atoms with E-state index in [1.54, 1.807) is 41.1 Å². The lowest BCUT2D eigenvalue weighted by Crippen LogP contribution is -2.16. The molecule has 0 aliphatic rings. The molecule has 0 fully saturated rings. The van der Waals surface area contributed by atoms with Crippen LogP contribution in [0.1, 0.15) is 34.2 Å². The third kappa shape index (κ3) is 7.24. The first kappa shape index (κ1) is 30.9. The Morgan fingerprint density at radius 2 is 1.49 bits per heavy atom. The molecule has 6 nitrogen and oxygen atoms in total. The van der Waals surface area contributed by atoms with Crippen molar-refractivity contribution in [3.63, 3.8) is 0 Å². The standard InChI is InChI=1S/C31H24F6N4O2/c1-18-6-5-7-19(2)28(18)40-27(42)10-11-41-17-21(25-8-3-4-9-26(25)41)12-20(16-38)29(43)39-24-14-22(30(32,33)34)13-23(15-24)31(35,36)37/h3-9,12-15,17H,10-11H2,1-2H3,(H,39,43)(H,40,42)/b20-12-.